The first-order valence-corrected chi connectivity index (χ1v) is 14.0. The molecule has 0 aliphatic carbocycles. The van der Waals surface area contributed by atoms with Crippen molar-refractivity contribution in [2.75, 3.05) is 24.5 Å². The van der Waals surface area contributed by atoms with Crippen molar-refractivity contribution in [2.24, 2.45) is 0 Å². The smallest absolute Gasteiger partial charge is 0.264 e. The Bertz CT molecular complexity index is 1390. The highest BCUT2D eigenvalue weighted by Crippen LogP contribution is 2.28. The van der Waals surface area contributed by atoms with E-state index in [0.29, 0.717) is 27.9 Å². The highest BCUT2D eigenvalue weighted by Gasteiger charge is 2.32. The molecule has 0 aliphatic rings. The van der Waals surface area contributed by atoms with Crippen molar-refractivity contribution < 1.29 is 22.7 Å². The molecule has 1 N–H and O–H groups in total. The minimum atomic E-state index is -4.16. The van der Waals surface area contributed by atoms with Crippen molar-refractivity contribution in [3.05, 3.63) is 88.4 Å². The summed E-state index contributed by atoms with van der Waals surface area (Å²) in [5.74, 6) is -0.564. The van der Waals surface area contributed by atoms with Crippen LogP contribution in [0.1, 0.15) is 19.4 Å². The third-order valence-electron chi connectivity index (χ3n) is 5.83. The first-order chi connectivity index (χ1) is 18.1. The lowest BCUT2D eigenvalue weighted by atomic mass is 10.1. The third-order valence-corrected chi connectivity index (χ3v) is 8.20. The average molecular weight is 579 g/mol. The molecule has 0 saturated carbocycles. The number of sulfonamides is 1. The number of benzene rings is 3. The largest absolute Gasteiger partial charge is 0.497 e. The van der Waals surface area contributed by atoms with Crippen LogP contribution in [0.5, 0.6) is 5.75 Å². The number of nitrogens with zero attached hydrogens (tertiary/aromatic N) is 2. The predicted octanol–water partition coefficient (Wildman–Crippen LogP) is 4.75. The van der Waals surface area contributed by atoms with E-state index in [1.54, 1.807) is 68.4 Å². The van der Waals surface area contributed by atoms with E-state index in [0.717, 1.165) is 4.31 Å². The fourth-order valence-electron chi connectivity index (χ4n) is 3.75. The fraction of sp³-hybridized carbons (Fsp3) is 0.259. The number of likely N-dealkylation sites (N-methyl/N-ethyl adjacent to an activating group) is 1. The minimum Gasteiger partial charge on any atom is -0.497 e. The first-order valence-electron chi connectivity index (χ1n) is 11.8. The molecule has 8 nitrogen and oxygen atoms in total. The topological polar surface area (TPSA) is 96.0 Å². The van der Waals surface area contributed by atoms with Crippen LogP contribution in [0.3, 0.4) is 0 Å². The maximum atomic E-state index is 13.8. The van der Waals surface area contributed by atoms with E-state index in [9.17, 15) is 18.0 Å². The molecule has 0 spiro atoms. The van der Waals surface area contributed by atoms with Gasteiger partial charge in [0.05, 0.1) is 17.7 Å². The zero-order valence-electron chi connectivity index (χ0n) is 21.2. The highest BCUT2D eigenvalue weighted by molar-refractivity contribution is 7.92. The number of rotatable bonds is 11. The SMILES string of the molecule is CCNC(=O)[C@@H](C)N(Cc1ccc(Cl)cc1Cl)C(=O)CN(c1cccc(OC)c1)S(=O)(=O)c1ccccc1. The Morgan fingerprint density at radius 2 is 1.71 bits per heavy atom. The molecule has 0 bridgehead atoms. The Labute approximate surface area is 233 Å². The van der Waals surface area contributed by atoms with E-state index in [4.69, 9.17) is 27.9 Å². The summed E-state index contributed by atoms with van der Waals surface area (Å²) in [6, 6.07) is 18.1. The molecular weight excluding hydrogens is 549 g/mol. The molecule has 0 heterocycles. The van der Waals surface area contributed by atoms with Crippen LogP contribution in [0.25, 0.3) is 0 Å². The second-order valence-corrected chi connectivity index (χ2v) is 11.1. The Balaban J connectivity index is 2.05. The molecule has 0 radical (unpaired) electrons. The number of anilines is 1. The van der Waals surface area contributed by atoms with Gasteiger partial charge < -0.3 is 15.0 Å². The number of methoxy groups -OCH3 is 1. The predicted molar refractivity (Wildman–Crippen MR) is 149 cm³/mol. The van der Waals surface area contributed by atoms with Gasteiger partial charge >= 0.3 is 0 Å². The molecule has 0 unspecified atom stereocenters. The molecule has 0 fully saturated rings. The van der Waals surface area contributed by atoms with Crippen LogP contribution in [-0.4, -0.2) is 51.4 Å². The number of hydrogen-bond donors (Lipinski definition) is 1. The molecule has 202 valence electrons. The second-order valence-electron chi connectivity index (χ2n) is 8.35. The summed E-state index contributed by atoms with van der Waals surface area (Å²) in [5.41, 5.74) is 0.788. The molecular formula is C27H29Cl2N3O5S. The molecule has 3 aromatic carbocycles. The number of halogens is 2. The Morgan fingerprint density at radius 1 is 1.00 bits per heavy atom. The third kappa shape index (κ3) is 6.98. The molecule has 2 amide bonds. The highest BCUT2D eigenvalue weighted by atomic mass is 35.5. The molecule has 3 rings (SSSR count). The van der Waals surface area contributed by atoms with Gasteiger partial charge in [0, 0.05) is 29.2 Å². The Morgan fingerprint density at radius 3 is 2.34 bits per heavy atom. The number of carbonyl (C=O) groups is 2. The molecule has 0 saturated heterocycles. The second kappa shape index (κ2) is 13.0. The van der Waals surface area contributed by atoms with Gasteiger partial charge in [-0.3, -0.25) is 13.9 Å². The fourth-order valence-corrected chi connectivity index (χ4v) is 5.65. The summed E-state index contributed by atoms with van der Waals surface area (Å²) in [4.78, 5) is 27.9. The summed E-state index contributed by atoms with van der Waals surface area (Å²) < 4.78 is 33.8. The molecule has 0 aromatic heterocycles. The van der Waals surface area contributed by atoms with E-state index in [-0.39, 0.29) is 23.0 Å². The van der Waals surface area contributed by atoms with Crippen molar-refractivity contribution in [1.82, 2.24) is 10.2 Å². The number of nitrogens with one attached hydrogen (secondary N) is 1. The molecule has 3 aromatic rings. The van der Waals surface area contributed by atoms with E-state index < -0.39 is 28.5 Å². The molecule has 11 heteroatoms. The van der Waals surface area contributed by atoms with Crippen LogP contribution in [0.15, 0.2) is 77.7 Å². The first kappa shape index (κ1) is 29.3. The van der Waals surface area contributed by atoms with Gasteiger partial charge in [-0.1, -0.05) is 53.5 Å². The van der Waals surface area contributed by atoms with Gasteiger partial charge in [-0.2, -0.15) is 0 Å². The van der Waals surface area contributed by atoms with Gasteiger partial charge in [-0.05, 0) is 55.8 Å². The van der Waals surface area contributed by atoms with Crippen LogP contribution in [0, 0.1) is 0 Å². The van der Waals surface area contributed by atoms with E-state index in [1.165, 1.54) is 30.2 Å². The van der Waals surface area contributed by atoms with Gasteiger partial charge in [-0.25, -0.2) is 8.42 Å². The summed E-state index contributed by atoms with van der Waals surface area (Å²) in [7, 11) is -2.70. The quantitative estimate of drug-likeness (QED) is 0.354. The summed E-state index contributed by atoms with van der Waals surface area (Å²) in [5, 5.41) is 3.45. The lowest BCUT2D eigenvalue weighted by Crippen LogP contribution is -2.51. The van der Waals surface area contributed by atoms with Gasteiger partial charge in [0.1, 0.15) is 18.3 Å². The Kier molecular flexibility index (Phi) is 10.0. The van der Waals surface area contributed by atoms with Gasteiger partial charge in [0.2, 0.25) is 11.8 Å². The lowest BCUT2D eigenvalue weighted by Gasteiger charge is -2.32. The van der Waals surface area contributed by atoms with E-state index in [2.05, 4.69) is 5.32 Å². The monoisotopic (exact) mass is 577 g/mol. The van der Waals surface area contributed by atoms with Crippen molar-refractivity contribution >= 4 is 50.7 Å². The summed E-state index contributed by atoms with van der Waals surface area (Å²) >= 11 is 12.4. The van der Waals surface area contributed by atoms with E-state index >= 15 is 0 Å². The van der Waals surface area contributed by atoms with Crippen molar-refractivity contribution in [2.45, 2.75) is 31.3 Å². The number of amides is 2. The van der Waals surface area contributed by atoms with Gasteiger partial charge in [0.25, 0.3) is 10.0 Å². The zero-order chi connectivity index (χ0) is 27.9. The molecule has 1 atom stereocenters. The summed E-state index contributed by atoms with van der Waals surface area (Å²) in [6.45, 7) is 3.10. The van der Waals surface area contributed by atoms with Gasteiger partial charge in [0.15, 0.2) is 0 Å². The summed E-state index contributed by atoms with van der Waals surface area (Å²) in [6.07, 6.45) is 0. The van der Waals surface area contributed by atoms with Crippen molar-refractivity contribution in [1.29, 1.82) is 0 Å². The maximum absolute atomic E-state index is 13.8. The van der Waals surface area contributed by atoms with Crippen LogP contribution in [0.2, 0.25) is 10.0 Å². The number of carbonyl (C=O) groups excluding carboxylic acids is 2. The zero-order valence-corrected chi connectivity index (χ0v) is 23.6. The van der Waals surface area contributed by atoms with E-state index in [1.807, 2.05) is 0 Å². The van der Waals surface area contributed by atoms with Crippen LogP contribution < -0.4 is 14.4 Å². The number of hydrogen-bond acceptors (Lipinski definition) is 5. The normalized spacial score (nSPS) is 11.9. The van der Waals surface area contributed by atoms with Crippen LogP contribution in [-0.2, 0) is 26.2 Å². The standard InChI is InChI=1S/C27H29Cl2N3O5S/c1-4-30-27(34)19(2)31(17-20-13-14-21(28)15-25(20)29)26(33)18-32(22-9-8-10-23(16-22)37-3)38(35,36)24-11-6-5-7-12-24/h5-16,19H,4,17-18H2,1-3H3,(H,30,34)/t19-/m1/s1. The lowest BCUT2D eigenvalue weighted by molar-refractivity contribution is -0.139. The van der Waals surface area contributed by atoms with Gasteiger partial charge in [-0.15, -0.1) is 0 Å². The Hall–Kier alpha value is -3.27. The minimum absolute atomic E-state index is 0.0136. The van der Waals surface area contributed by atoms with Crippen molar-refractivity contribution in [3.8, 4) is 5.75 Å². The molecule has 0 aliphatic heterocycles. The number of ether oxygens (including phenoxy) is 1. The van der Waals surface area contributed by atoms with Crippen LogP contribution in [0.4, 0.5) is 5.69 Å². The average Bonchev–Trinajstić information content (AvgIpc) is 2.91. The van der Waals surface area contributed by atoms with Crippen LogP contribution >= 0.6 is 23.2 Å². The molecule has 38 heavy (non-hydrogen) atoms. The van der Waals surface area contributed by atoms with Crippen molar-refractivity contribution in [3.63, 3.8) is 0 Å². The maximum Gasteiger partial charge on any atom is 0.264 e.